The molecule has 1 aliphatic heterocycles. The van der Waals surface area contributed by atoms with E-state index in [1.165, 1.54) is 12.3 Å². The van der Waals surface area contributed by atoms with Gasteiger partial charge in [-0.2, -0.15) is 0 Å². The lowest BCUT2D eigenvalue weighted by atomic mass is 10.1. The number of nitrogens with zero attached hydrogens (tertiary/aromatic N) is 2. The Labute approximate surface area is 151 Å². The molecule has 136 valence electrons. The molecular weight excluding hydrogens is 333 g/mol. The number of anilines is 1. The fourth-order valence-electron chi connectivity index (χ4n) is 3.19. The largest absolute Gasteiger partial charge is 0.383 e. The van der Waals surface area contributed by atoms with Crippen molar-refractivity contribution < 1.29 is 13.9 Å². The van der Waals surface area contributed by atoms with Crippen LogP contribution in [0.2, 0.25) is 0 Å². The topological polar surface area (TPSA) is 47.8 Å². The fraction of sp³-hybridized carbons (Fsp3) is 0.350. The van der Waals surface area contributed by atoms with Crippen molar-refractivity contribution in [3.05, 3.63) is 54.6 Å². The van der Waals surface area contributed by atoms with Gasteiger partial charge in [-0.3, -0.25) is 4.40 Å². The number of hydrogen-bond acceptors (Lipinski definition) is 4. The number of fused-ring (bicyclic) bond motifs is 1. The molecule has 0 bridgehead atoms. The van der Waals surface area contributed by atoms with Crippen LogP contribution in [0.25, 0.3) is 16.9 Å². The minimum Gasteiger partial charge on any atom is -0.383 e. The molecule has 1 aromatic carbocycles. The third-order valence-electron chi connectivity index (χ3n) is 4.60. The maximum absolute atomic E-state index is 13.5. The monoisotopic (exact) mass is 355 g/mol. The number of rotatable bonds is 6. The molecule has 0 unspecified atom stereocenters. The molecule has 0 spiro atoms. The highest BCUT2D eigenvalue weighted by Crippen LogP contribution is 2.23. The van der Waals surface area contributed by atoms with Crippen LogP contribution in [0.1, 0.15) is 12.8 Å². The van der Waals surface area contributed by atoms with Gasteiger partial charge in [0.2, 0.25) is 0 Å². The lowest BCUT2D eigenvalue weighted by Crippen LogP contribution is -2.25. The summed E-state index contributed by atoms with van der Waals surface area (Å²) in [6, 6.07) is 11.1. The Morgan fingerprint density at radius 2 is 1.96 bits per heavy atom. The summed E-state index contributed by atoms with van der Waals surface area (Å²) in [6.45, 7) is 3.04. The minimum atomic E-state index is -0.278. The predicted octanol–water partition coefficient (Wildman–Crippen LogP) is 3.75. The Morgan fingerprint density at radius 1 is 1.15 bits per heavy atom. The lowest BCUT2D eigenvalue weighted by molar-refractivity contribution is -0.0283. The van der Waals surface area contributed by atoms with Gasteiger partial charge < -0.3 is 14.8 Å². The molecule has 4 rings (SSSR count). The first-order valence-corrected chi connectivity index (χ1v) is 8.96. The third kappa shape index (κ3) is 3.86. The second-order valence-electron chi connectivity index (χ2n) is 6.41. The van der Waals surface area contributed by atoms with Crippen LogP contribution >= 0.6 is 0 Å². The molecule has 0 saturated carbocycles. The average Bonchev–Trinajstić information content (AvgIpc) is 3.09. The van der Waals surface area contributed by atoms with Crippen LogP contribution in [0, 0.1) is 5.82 Å². The Morgan fingerprint density at radius 3 is 2.77 bits per heavy atom. The fourth-order valence-corrected chi connectivity index (χ4v) is 3.19. The summed E-state index contributed by atoms with van der Waals surface area (Å²) in [5.41, 5.74) is 3.62. The van der Waals surface area contributed by atoms with E-state index in [0.717, 1.165) is 55.2 Å². The van der Waals surface area contributed by atoms with Crippen molar-refractivity contribution in [1.82, 2.24) is 9.38 Å². The van der Waals surface area contributed by atoms with E-state index in [-0.39, 0.29) is 5.82 Å². The van der Waals surface area contributed by atoms with Crippen LogP contribution in [0.5, 0.6) is 0 Å². The second-order valence-corrected chi connectivity index (χ2v) is 6.41. The van der Waals surface area contributed by atoms with Gasteiger partial charge in [-0.15, -0.1) is 0 Å². The third-order valence-corrected chi connectivity index (χ3v) is 4.60. The van der Waals surface area contributed by atoms with Gasteiger partial charge in [-0.25, -0.2) is 9.37 Å². The van der Waals surface area contributed by atoms with Crippen molar-refractivity contribution in [2.24, 2.45) is 0 Å². The molecule has 0 amide bonds. The molecule has 3 aromatic rings. The van der Waals surface area contributed by atoms with Crippen molar-refractivity contribution in [3.8, 4) is 11.3 Å². The van der Waals surface area contributed by atoms with Gasteiger partial charge in [-0.05, 0) is 37.1 Å². The summed E-state index contributed by atoms with van der Waals surface area (Å²) in [4.78, 5) is 4.32. The zero-order chi connectivity index (χ0) is 17.8. The first-order chi connectivity index (χ1) is 12.8. The first-order valence-electron chi connectivity index (χ1n) is 8.96. The molecule has 5 nitrogen and oxygen atoms in total. The minimum absolute atomic E-state index is 0.278. The molecule has 3 heterocycles. The van der Waals surface area contributed by atoms with Gasteiger partial charge in [0, 0.05) is 37.2 Å². The molecule has 2 aromatic heterocycles. The van der Waals surface area contributed by atoms with E-state index in [1.54, 1.807) is 16.7 Å². The molecule has 0 atom stereocenters. The standard InChI is InChI=1S/C20H22FN3O2/c21-16-3-6-20-23-13-19(24(20)14-16)15-1-4-17(5-2-15)22-9-12-26-18-7-10-25-11-8-18/h1-6,13-14,18,22H,7-12H2. The van der Waals surface area contributed by atoms with E-state index in [1.807, 2.05) is 24.3 Å². The summed E-state index contributed by atoms with van der Waals surface area (Å²) in [5, 5.41) is 3.36. The van der Waals surface area contributed by atoms with Gasteiger partial charge in [0.05, 0.1) is 24.6 Å². The zero-order valence-corrected chi connectivity index (χ0v) is 14.5. The number of nitrogens with one attached hydrogen (secondary N) is 1. The van der Waals surface area contributed by atoms with Crippen molar-refractivity contribution >= 4 is 11.3 Å². The van der Waals surface area contributed by atoms with Crippen molar-refractivity contribution in [3.63, 3.8) is 0 Å². The molecule has 0 radical (unpaired) electrons. The summed E-state index contributed by atoms with van der Waals surface area (Å²) < 4.78 is 26.5. The van der Waals surface area contributed by atoms with Crippen molar-refractivity contribution in [2.75, 3.05) is 31.7 Å². The summed E-state index contributed by atoms with van der Waals surface area (Å²) in [7, 11) is 0. The zero-order valence-electron chi connectivity index (χ0n) is 14.5. The van der Waals surface area contributed by atoms with Gasteiger partial charge in [-0.1, -0.05) is 12.1 Å². The number of imidazole rings is 1. The van der Waals surface area contributed by atoms with E-state index in [9.17, 15) is 4.39 Å². The molecule has 26 heavy (non-hydrogen) atoms. The van der Waals surface area contributed by atoms with Crippen LogP contribution in [0.15, 0.2) is 48.8 Å². The second kappa shape index (κ2) is 7.85. The SMILES string of the molecule is Fc1ccc2ncc(-c3ccc(NCCOC4CCOCC4)cc3)n2c1. The number of aromatic nitrogens is 2. The van der Waals surface area contributed by atoms with Gasteiger partial charge in [0.15, 0.2) is 0 Å². The molecular formula is C20H22FN3O2. The number of ether oxygens (including phenoxy) is 2. The summed E-state index contributed by atoms with van der Waals surface area (Å²) in [6.07, 6.45) is 5.50. The molecule has 1 aliphatic rings. The van der Waals surface area contributed by atoms with E-state index in [2.05, 4.69) is 10.3 Å². The number of benzene rings is 1. The van der Waals surface area contributed by atoms with Crippen molar-refractivity contribution in [2.45, 2.75) is 18.9 Å². The van der Waals surface area contributed by atoms with E-state index >= 15 is 0 Å². The van der Waals surface area contributed by atoms with E-state index in [4.69, 9.17) is 9.47 Å². The maximum atomic E-state index is 13.5. The van der Waals surface area contributed by atoms with Crippen molar-refractivity contribution in [1.29, 1.82) is 0 Å². The van der Waals surface area contributed by atoms with E-state index < -0.39 is 0 Å². The Balaban J connectivity index is 1.35. The van der Waals surface area contributed by atoms with Crippen LogP contribution in [0.4, 0.5) is 10.1 Å². The Bertz CT molecular complexity index is 857. The molecule has 6 heteroatoms. The number of halogens is 1. The maximum Gasteiger partial charge on any atom is 0.139 e. The summed E-state index contributed by atoms with van der Waals surface area (Å²) >= 11 is 0. The van der Waals surface area contributed by atoms with Gasteiger partial charge in [0.1, 0.15) is 11.5 Å². The van der Waals surface area contributed by atoms with Crippen LogP contribution < -0.4 is 5.32 Å². The Kier molecular flexibility index (Phi) is 5.13. The van der Waals surface area contributed by atoms with Crippen LogP contribution in [-0.2, 0) is 9.47 Å². The molecule has 1 saturated heterocycles. The lowest BCUT2D eigenvalue weighted by Gasteiger charge is -2.22. The molecule has 1 fully saturated rings. The highest BCUT2D eigenvalue weighted by Gasteiger charge is 2.13. The highest BCUT2D eigenvalue weighted by atomic mass is 19.1. The van der Waals surface area contributed by atoms with E-state index in [0.29, 0.717) is 12.7 Å². The van der Waals surface area contributed by atoms with Crippen LogP contribution in [0.3, 0.4) is 0 Å². The van der Waals surface area contributed by atoms with Gasteiger partial charge in [0.25, 0.3) is 0 Å². The Hall–Kier alpha value is -2.44. The average molecular weight is 355 g/mol. The van der Waals surface area contributed by atoms with Gasteiger partial charge >= 0.3 is 0 Å². The quantitative estimate of drug-likeness (QED) is 0.684. The number of hydrogen-bond donors (Lipinski definition) is 1. The smallest absolute Gasteiger partial charge is 0.139 e. The normalized spacial score (nSPS) is 15.4. The number of pyridine rings is 1. The predicted molar refractivity (Wildman–Crippen MR) is 98.9 cm³/mol. The molecule has 1 N–H and O–H groups in total. The summed E-state index contributed by atoms with van der Waals surface area (Å²) in [5.74, 6) is -0.278. The highest BCUT2D eigenvalue weighted by molar-refractivity contribution is 5.66. The first kappa shape index (κ1) is 17.0. The molecule has 0 aliphatic carbocycles. The van der Waals surface area contributed by atoms with Crippen LogP contribution in [-0.4, -0.2) is 41.9 Å².